The van der Waals surface area contributed by atoms with Gasteiger partial charge in [-0.1, -0.05) is 79.0 Å². The second-order valence-electron chi connectivity index (χ2n) is 9.27. The van der Waals surface area contributed by atoms with Crippen LogP contribution in [0.3, 0.4) is 0 Å². The Bertz CT molecular complexity index is 772. The minimum atomic E-state index is -0.956. The van der Waals surface area contributed by atoms with Crippen LogP contribution in [-0.4, -0.2) is 40.8 Å². The van der Waals surface area contributed by atoms with Gasteiger partial charge in [0.2, 0.25) is 0 Å². The third-order valence-electron chi connectivity index (χ3n) is 5.83. The molecule has 0 aliphatic rings. The number of hydrogen-bond donors (Lipinski definition) is 1. The molecule has 2 unspecified atom stereocenters. The molecule has 0 aliphatic heterocycles. The van der Waals surface area contributed by atoms with Crippen LogP contribution in [0.2, 0.25) is 0 Å². The van der Waals surface area contributed by atoms with Crippen LogP contribution >= 0.6 is 11.8 Å². The number of carboxylic acid groups (broad SMARTS) is 1. The normalized spacial score (nSPS) is 13.8. The lowest BCUT2D eigenvalue weighted by Crippen LogP contribution is -2.43. The average Bonchev–Trinajstić information content (AvgIpc) is 2.80. The third-order valence-corrected chi connectivity index (χ3v) is 6.80. The number of carbonyl (C=O) groups excluding carboxylic acids is 1. The zero-order chi connectivity index (χ0) is 27.7. The quantitative estimate of drug-likeness (QED) is 0.0749. The van der Waals surface area contributed by atoms with E-state index in [2.05, 4.69) is 58.8 Å². The van der Waals surface area contributed by atoms with Gasteiger partial charge in [0.05, 0.1) is 5.76 Å². The summed E-state index contributed by atoms with van der Waals surface area (Å²) in [7, 11) is 0. The Morgan fingerprint density at radius 2 is 1.75 bits per heavy atom. The summed E-state index contributed by atoms with van der Waals surface area (Å²) in [4.78, 5) is 26.3. The Hall–Kier alpha value is -2.15. The van der Waals surface area contributed by atoms with Gasteiger partial charge < -0.3 is 19.5 Å². The lowest BCUT2D eigenvalue weighted by molar-refractivity contribution is -0.145. The molecule has 2 atom stereocenters. The van der Waals surface area contributed by atoms with Crippen LogP contribution in [0.15, 0.2) is 46.6 Å². The molecular weight excluding hydrogens is 474 g/mol. The fourth-order valence-corrected chi connectivity index (χ4v) is 4.65. The molecule has 0 aliphatic carbocycles. The number of unbranched alkanes of at least 4 members (excludes halogenated alkanes) is 1. The first-order chi connectivity index (χ1) is 17.0. The molecule has 6 nitrogen and oxygen atoms in total. The maximum absolute atomic E-state index is 12.0. The number of carbonyl (C=O) groups is 2. The van der Waals surface area contributed by atoms with Crippen molar-refractivity contribution >= 4 is 23.7 Å². The number of nitrogens with zero attached hydrogens (tertiary/aromatic N) is 1. The van der Waals surface area contributed by atoms with E-state index in [1.54, 1.807) is 12.3 Å². The van der Waals surface area contributed by atoms with Gasteiger partial charge in [-0.05, 0) is 43.4 Å². The fourth-order valence-electron chi connectivity index (χ4n) is 3.79. The molecule has 0 fully saturated rings. The smallest absolute Gasteiger partial charge is 0.332 e. The van der Waals surface area contributed by atoms with Gasteiger partial charge in [-0.25, -0.2) is 4.79 Å². The Balaban J connectivity index is 6.16. The summed E-state index contributed by atoms with van der Waals surface area (Å²) >= 11 is 1.22. The van der Waals surface area contributed by atoms with Gasteiger partial charge in [0.15, 0.2) is 6.73 Å². The number of hydrogen-bond acceptors (Lipinski definition) is 6. The fraction of sp³-hybridized carbons (Fsp3) is 0.655. The molecule has 0 rings (SSSR count). The molecule has 0 aromatic heterocycles. The molecule has 0 aromatic carbocycles. The van der Waals surface area contributed by atoms with Crippen LogP contribution < -0.4 is 0 Å². The third kappa shape index (κ3) is 13.2. The van der Waals surface area contributed by atoms with Crippen molar-refractivity contribution in [3.05, 3.63) is 46.6 Å². The van der Waals surface area contributed by atoms with Gasteiger partial charge in [0.25, 0.3) is 0 Å². The van der Waals surface area contributed by atoms with Crippen molar-refractivity contribution < 1.29 is 24.2 Å². The van der Waals surface area contributed by atoms with E-state index in [4.69, 9.17) is 9.47 Å². The number of rotatable bonds is 20. The molecule has 0 heterocycles. The Morgan fingerprint density at radius 1 is 1.08 bits per heavy atom. The van der Waals surface area contributed by atoms with Crippen molar-refractivity contribution in [2.45, 2.75) is 112 Å². The number of ether oxygens (including phenoxy) is 2. The molecule has 0 radical (unpaired) electrons. The predicted octanol–water partition coefficient (Wildman–Crippen LogP) is 8.03. The number of thioether (sulfide) groups is 1. The zero-order valence-electron chi connectivity index (χ0n) is 23.6. The number of carboxylic acids is 1. The van der Waals surface area contributed by atoms with E-state index < -0.39 is 18.0 Å². The van der Waals surface area contributed by atoms with Crippen molar-refractivity contribution in [3.63, 3.8) is 0 Å². The standard InChI is InChI=1S/C29H49NO5S/c1-10-14-17-26(16-12-3)30(20-34-22(7)15-11-2)27(21(5)6)18-28(35-24(9)31)23(8)36-19-25(13-4)29(32)33/h16,19,21,27-28H,7-8,10-15,17-18,20H2,1-6,9H3,(H,32,33)/b25-19+,26-16+. The number of esters is 1. The second kappa shape index (κ2) is 19.0. The molecule has 7 heteroatoms. The van der Waals surface area contributed by atoms with Crippen LogP contribution in [0.4, 0.5) is 0 Å². The summed E-state index contributed by atoms with van der Waals surface area (Å²) in [5.74, 6) is -0.357. The molecule has 0 aromatic rings. The summed E-state index contributed by atoms with van der Waals surface area (Å²) in [6, 6.07) is 0.00452. The monoisotopic (exact) mass is 523 g/mol. The second-order valence-corrected chi connectivity index (χ2v) is 10.3. The maximum Gasteiger partial charge on any atom is 0.332 e. The molecule has 0 bridgehead atoms. The summed E-state index contributed by atoms with van der Waals surface area (Å²) in [5.41, 5.74) is 1.52. The molecule has 36 heavy (non-hydrogen) atoms. The highest BCUT2D eigenvalue weighted by Gasteiger charge is 2.30. The molecule has 0 amide bonds. The molecule has 0 spiro atoms. The van der Waals surface area contributed by atoms with Gasteiger partial charge in [-0.2, -0.15) is 0 Å². The summed E-state index contributed by atoms with van der Waals surface area (Å²) < 4.78 is 11.8. The zero-order valence-corrected chi connectivity index (χ0v) is 24.4. The summed E-state index contributed by atoms with van der Waals surface area (Å²) in [5, 5.41) is 10.9. The van der Waals surface area contributed by atoms with E-state index >= 15 is 0 Å². The number of aliphatic carboxylic acids is 1. The Labute approximate surface area is 223 Å². The minimum absolute atomic E-state index is 0.00452. The highest BCUT2D eigenvalue weighted by atomic mass is 32.2. The lowest BCUT2D eigenvalue weighted by atomic mass is 9.94. The molecule has 0 saturated carbocycles. The molecular formula is C29H49NO5S. The van der Waals surface area contributed by atoms with Gasteiger partial charge >= 0.3 is 11.9 Å². The largest absolute Gasteiger partial charge is 0.478 e. The Kier molecular flexibility index (Phi) is 17.9. The maximum atomic E-state index is 12.0. The highest BCUT2D eigenvalue weighted by Crippen LogP contribution is 2.32. The van der Waals surface area contributed by atoms with E-state index in [1.807, 2.05) is 0 Å². The van der Waals surface area contributed by atoms with Crippen LogP contribution in [0.25, 0.3) is 0 Å². The summed E-state index contributed by atoms with van der Waals surface area (Å²) in [6.07, 6.45) is 8.38. The van der Waals surface area contributed by atoms with Crippen molar-refractivity contribution in [1.82, 2.24) is 4.90 Å². The van der Waals surface area contributed by atoms with Crippen LogP contribution in [-0.2, 0) is 19.1 Å². The first-order valence-electron chi connectivity index (χ1n) is 13.2. The topological polar surface area (TPSA) is 76.1 Å². The molecule has 206 valence electrons. The minimum Gasteiger partial charge on any atom is -0.478 e. The van der Waals surface area contributed by atoms with E-state index in [0.717, 1.165) is 44.3 Å². The molecule has 0 saturated heterocycles. The van der Waals surface area contributed by atoms with Gasteiger partial charge in [-0.15, -0.1) is 0 Å². The Morgan fingerprint density at radius 3 is 2.22 bits per heavy atom. The van der Waals surface area contributed by atoms with Crippen LogP contribution in [0, 0.1) is 5.92 Å². The van der Waals surface area contributed by atoms with Crippen LogP contribution in [0.5, 0.6) is 0 Å². The van der Waals surface area contributed by atoms with Crippen LogP contribution in [0.1, 0.15) is 99.8 Å². The van der Waals surface area contributed by atoms with E-state index in [1.165, 1.54) is 24.4 Å². The number of allylic oxidation sites excluding steroid dienone is 3. The first kappa shape index (κ1) is 33.8. The van der Waals surface area contributed by atoms with Crippen molar-refractivity contribution in [2.24, 2.45) is 5.92 Å². The summed E-state index contributed by atoms with van der Waals surface area (Å²) in [6.45, 7) is 22.5. The first-order valence-corrected chi connectivity index (χ1v) is 14.1. The van der Waals surface area contributed by atoms with Gasteiger partial charge in [0.1, 0.15) is 6.10 Å². The average molecular weight is 524 g/mol. The van der Waals surface area contributed by atoms with E-state index in [9.17, 15) is 14.7 Å². The van der Waals surface area contributed by atoms with Crippen molar-refractivity contribution in [2.75, 3.05) is 6.73 Å². The van der Waals surface area contributed by atoms with E-state index in [0.29, 0.717) is 30.1 Å². The highest BCUT2D eigenvalue weighted by molar-refractivity contribution is 8.05. The van der Waals surface area contributed by atoms with Gasteiger partial charge in [-0.3, -0.25) is 4.79 Å². The van der Waals surface area contributed by atoms with Gasteiger partial charge in [0, 0.05) is 42.0 Å². The predicted molar refractivity (Wildman–Crippen MR) is 151 cm³/mol. The van der Waals surface area contributed by atoms with Crippen molar-refractivity contribution in [1.29, 1.82) is 0 Å². The van der Waals surface area contributed by atoms with Crippen molar-refractivity contribution in [3.8, 4) is 0 Å². The molecule has 1 N–H and O–H groups in total. The lowest BCUT2D eigenvalue weighted by Gasteiger charge is -2.39. The van der Waals surface area contributed by atoms with E-state index in [-0.39, 0.29) is 12.0 Å². The SMILES string of the molecule is C=C(CCC)OCN(/C(=C/CC)CCCC)C(CC(OC(C)=O)C(=C)S/C=C(\CC)C(=O)O)C(C)C.